The number of amides is 1. The Morgan fingerprint density at radius 3 is 2.86 bits per heavy atom. The Morgan fingerprint density at radius 2 is 2.04 bits per heavy atom. The van der Waals surface area contributed by atoms with Crippen LogP contribution in [0.1, 0.15) is 24.5 Å². The molecule has 1 unspecified atom stereocenters. The van der Waals surface area contributed by atoms with Crippen LogP contribution in [0, 0.1) is 5.92 Å². The lowest BCUT2D eigenvalue weighted by atomic mass is 9.93. The van der Waals surface area contributed by atoms with E-state index in [0.717, 1.165) is 29.6 Å². The van der Waals surface area contributed by atoms with E-state index in [9.17, 15) is 9.59 Å². The number of aromatic amines is 1. The first-order valence-corrected chi connectivity index (χ1v) is 9.63. The number of aryl methyl sites for hydroxylation is 1. The molecule has 144 valence electrons. The molecule has 0 radical (unpaired) electrons. The van der Waals surface area contributed by atoms with Gasteiger partial charge in [-0.05, 0) is 54.0 Å². The minimum Gasteiger partial charge on any atom is -0.497 e. The van der Waals surface area contributed by atoms with Crippen LogP contribution in [0.25, 0.3) is 10.9 Å². The van der Waals surface area contributed by atoms with Crippen LogP contribution in [0.2, 0.25) is 0 Å². The summed E-state index contributed by atoms with van der Waals surface area (Å²) in [7, 11) is 1.60. The number of nitrogens with one attached hydrogen (secondary N) is 1. The molecule has 0 bridgehead atoms. The number of nitrogens with zero attached hydrogens (tertiary/aromatic N) is 1. The number of H-pyrrole nitrogens is 1. The van der Waals surface area contributed by atoms with Crippen LogP contribution in [0.3, 0.4) is 0 Å². The van der Waals surface area contributed by atoms with Crippen molar-refractivity contribution in [3.63, 3.8) is 0 Å². The van der Waals surface area contributed by atoms with Crippen LogP contribution < -0.4 is 15.2 Å². The van der Waals surface area contributed by atoms with E-state index in [-0.39, 0.29) is 11.5 Å². The van der Waals surface area contributed by atoms with Crippen molar-refractivity contribution in [2.75, 3.05) is 18.6 Å². The maximum absolute atomic E-state index is 12.9. The summed E-state index contributed by atoms with van der Waals surface area (Å²) in [4.78, 5) is 30.2. The second-order valence-corrected chi connectivity index (χ2v) is 7.52. The van der Waals surface area contributed by atoms with Gasteiger partial charge in [-0.25, -0.2) is 0 Å². The molecule has 1 N–H and O–H groups in total. The average Bonchev–Trinajstić information content (AvgIpc) is 2.70. The fraction of sp³-hybridized carbons (Fsp3) is 0.304. The zero-order valence-electron chi connectivity index (χ0n) is 16.2. The molecule has 2 aromatic carbocycles. The maximum atomic E-state index is 12.9. The van der Waals surface area contributed by atoms with Crippen LogP contribution in [-0.2, 0) is 17.6 Å². The van der Waals surface area contributed by atoms with E-state index in [1.807, 2.05) is 41.3 Å². The number of rotatable bonds is 4. The van der Waals surface area contributed by atoms with E-state index in [1.165, 1.54) is 5.56 Å². The molecule has 0 fully saturated rings. The number of methoxy groups -OCH3 is 1. The largest absolute Gasteiger partial charge is 0.497 e. The quantitative estimate of drug-likeness (QED) is 0.755. The van der Waals surface area contributed by atoms with Gasteiger partial charge in [0.1, 0.15) is 5.75 Å². The molecule has 0 saturated carbocycles. The molecule has 1 amide bonds. The zero-order chi connectivity index (χ0) is 19.7. The summed E-state index contributed by atoms with van der Waals surface area (Å²) in [5.74, 6) is 1.19. The maximum Gasteiger partial charge on any atom is 0.251 e. The molecule has 4 rings (SSSR count). The standard InChI is InChI=1S/C23H24N2O3/c1-15-11-17-5-3-4-6-21(17)25(14-15)22(26)10-8-18-12-16-7-9-19(28-2)13-20(16)24-23(18)27/h3-7,9,12-13,15H,8,10-11,14H2,1-2H3,(H,24,27). The highest BCUT2D eigenvalue weighted by molar-refractivity contribution is 5.94. The molecule has 28 heavy (non-hydrogen) atoms. The van der Waals surface area contributed by atoms with Gasteiger partial charge in [0.2, 0.25) is 5.91 Å². The molecule has 1 aliphatic heterocycles. The van der Waals surface area contributed by atoms with Crippen LogP contribution in [0.15, 0.2) is 53.3 Å². The number of para-hydroxylation sites is 1. The number of hydrogen-bond acceptors (Lipinski definition) is 3. The zero-order valence-corrected chi connectivity index (χ0v) is 16.2. The Balaban J connectivity index is 1.54. The first kappa shape index (κ1) is 18.3. The molecule has 5 nitrogen and oxygen atoms in total. The SMILES string of the molecule is COc1ccc2cc(CCC(=O)N3CC(C)Cc4ccccc43)c(=O)[nH]c2c1. The highest BCUT2D eigenvalue weighted by Crippen LogP contribution is 2.30. The van der Waals surface area contributed by atoms with Crippen molar-refractivity contribution in [1.82, 2.24) is 4.98 Å². The lowest BCUT2D eigenvalue weighted by molar-refractivity contribution is -0.118. The third-order valence-corrected chi connectivity index (χ3v) is 5.38. The molecule has 1 aromatic heterocycles. The summed E-state index contributed by atoms with van der Waals surface area (Å²) in [5.41, 5.74) is 3.43. The average molecular weight is 376 g/mol. The fourth-order valence-electron chi connectivity index (χ4n) is 3.95. The van der Waals surface area contributed by atoms with E-state index in [1.54, 1.807) is 13.2 Å². The predicted octanol–water partition coefficient (Wildman–Crippen LogP) is 3.69. The molecule has 3 aromatic rings. The molecule has 0 spiro atoms. The van der Waals surface area contributed by atoms with Crippen LogP contribution in [-0.4, -0.2) is 24.5 Å². The van der Waals surface area contributed by atoms with Gasteiger partial charge >= 0.3 is 0 Å². The fourth-order valence-corrected chi connectivity index (χ4v) is 3.95. The Kier molecular flexibility index (Phi) is 4.90. The molecule has 1 aliphatic rings. The number of fused-ring (bicyclic) bond motifs is 2. The third kappa shape index (κ3) is 3.52. The Labute approximate surface area is 163 Å². The highest BCUT2D eigenvalue weighted by atomic mass is 16.5. The van der Waals surface area contributed by atoms with Gasteiger partial charge in [0.25, 0.3) is 5.56 Å². The van der Waals surface area contributed by atoms with Gasteiger partial charge < -0.3 is 14.6 Å². The third-order valence-electron chi connectivity index (χ3n) is 5.38. The molecule has 1 atom stereocenters. The summed E-state index contributed by atoms with van der Waals surface area (Å²) in [5, 5.41) is 0.930. The highest BCUT2D eigenvalue weighted by Gasteiger charge is 2.25. The number of aromatic nitrogens is 1. The van der Waals surface area contributed by atoms with Crippen molar-refractivity contribution >= 4 is 22.5 Å². The van der Waals surface area contributed by atoms with Gasteiger partial charge in [-0.15, -0.1) is 0 Å². The molecular formula is C23H24N2O3. The van der Waals surface area contributed by atoms with Crippen molar-refractivity contribution in [3.05, 3.63) is 70.0 Å². The van der Waals surface area contributed by atoms with Gasteiger partial charge in [0.15, 0.2) is 0 Å². The molecule has 0 saturated heterocycles. The molecule has 5 heteroatoms. The van der Waals surface area contributed by atoms with E-state index >= 15 is 0 Å². The van der Waals surface area contributed by atoms with Gasteiger partial charge in [-0.2, -0.15) is 0 Å². The minimum absolute atomic E-state index is 0.0632. The van der Waals surface area contributed by atoms with Gasteiger partial charge in [0, 0.05) is 30.3 Å². The van der Waals surface area contributed by atoms with Crippen LogP contribution in [0.4, 0.5) is 5.69 Å². The first-order valence-electron chi connectivity index (χ1n) is 9.63. The van der Waals surface area contributed by atoms with E-state index < -0.39 is 0 Å². The monoisotopic (exact) mass is 376 g/mol. The summed E-state index contributed by atoms with van der Waals surface area (Å²) < 4.78 is 5.20. The van der Waals surface area contributed by atoms with Gasteiger partial charge in [0.05, 0.1) is 12.6 Å². The number of hydrogen-bond donors (Lipinski definition) is 1. The van der Waals surface area contributed by atoms with Gasteiger partial charge in [-0.1, -0.05) is 25.1 Å². The number of carbonyl (C=O) groups excluding carboxylic acids is 1. The van der Waals surface area contributed by atoms with E-state index in [4.69, 9.17) is 4.74 Å². The summed E-state index contributed by atoms with van der Waals surface area (Å²) in [6.45, 7) is 2.89. The number of carbonyl (C=O) groups is 1. The van der Waals surface area contributed by atoms with Crippen LogP contribution in [0.5, 0.6) is 5.75 Å². The van der Waals surface area contributed by atoms with E-state index in [2.05, 4.69) is 18.0 Å². The van der Waals surface area contributed by atoms with Crippen molar-refractivity contribution in [2.45, 2.75) is 26.2 Å². The lowest BCUT2D eigenvalue weighted by Crippen LogP contribution is -2.39. The summed E-state index contributed by atoms with van der Waals surface area (Å²) >= 11 is 0. The number of pyridine rings is 1. The number of ether oxygens (including phenoxy) is 1. The second kappa shape index (κ2) is 7.50. The lowest BCUT2D eigenvalue weighted by Gasteiger charge is -2.33. The topological polar surface area (TPSA) is 62.4 Å². The Bertz CT molecular complexity index is 1090. The second-order valence-electron chi connectivity index (χ2n) is 7.52. The van der Waals surface area contributed by atoms with Crippen molar-refractivity contribution < 1.29 is 9.53 Å². The van der Waals surface area contributed by atoms with Crippen molar-refractivity contribution in [1.29, 1.82) is 0 Å². The number of benzene rings is 2. The van der Waals surface area contributed by atoms with Crippen LogP contribution >= 0.6 is 0 Å². The van der Waals surface area contributed by atoms with Crippen molar-refractivity contribution in [3.8, 4) is 5.75 Å². The molecular weight excluding hydrogens is 352 g/mol. The first-order chi connectivity index (χ1) is 13.5. The van der Waals surface area contributed by atoms with E-state index in [0.29, 0.717) is 30.1 Å². The normalized spacial score (nSPS) is 16.1. The molecule has 0 aliphatic carbocycles. The molecule has 2 heterocycles. The smallest absolute Gasteiger partial charge is 0.251 e. The van der Waals surface area contributed by atoms with Gasteiger partial charge in [-0.3, -0.25) is 9.59 Å². The summed E-state index contributed by atoms with van der Waals surface area (Å²) in [6, 6.07) is 15.5. The summed E-state index contributed by atoms with van der Waals surface area (Å²) in [6.07, 6.45) is 1.72. The Hall–Kier alpha value is -3.08. The number of anilines is 1. The minimum atomic E-state index is -0.152. The Morgan fingerprint density at radius 1 is 1.21 bits per heavy atom. The van der Waals surface area contributed by atoms with Crippen molar-refractivity contribution in [2.24, 2.45) is 5.92 Å². The predicted molar refractivity (Wildman–Crippen MR) is 111 cm³/mol.